The van der Waals surface area contributed by atoms with Crippen LogP contribution in [0.2, 0.25) is 5.02 Å². The summed E-state index contributed by atoms with van der Waals surface area (Å²) in [4.78, 5) is 23.5. The number of hydrogen-bond donors (Lipinski definition) is 2. The zero-order valence-electron chi connectivity index (χ0n) is 14.1. The van der Waals surface area contributed by atoms with Crippen LogP contribution in [0.3, 0.4) is 0 Å². The van der Waals surface area contributed by atoms with Crippen LogP contribution in [0.1, 0.15) is 28.9 Å². The lowest BCUT2D eigenvalue weighted by molar-refractivity contribution is -0.124. The highest BCUT2D eigenvalue weighted by Gasteiger charge is 2.19. The van der Waals surface area contributed by atoms with Gasteiger partial charge in [-0.3, -0.25) is 4.79 Å². The van der Waals surface area contributed by atoms with Gasteiger partial charge in [0.1, 0.15) is 5.82 Å². The highest BCUT2D eigenvalue weighted by Crippen LogP contribution is 2.22. The molecule has 0 aliphatic rings. The number of sulfonamides is 1. The van der Waals surface area contributed by atoms with Crippen LogP contribution in [0.15, 0.2) is 47.4 Å². The van der Waals surface area contributed by atoms with Crippen LogP contribution in [-0.4, -0.2) is 26.9 Å². The van der Waals surface area contributed by atoms with Gasteiger partial charge in [-0.1, -0.05) is 29.8 Å². The largest absolute Gasteiger partial charge is 0.452 e. The molecule has 10 heteroatoms. The third kappa shape index (κ3) is 5.49. The lowest BCUT2D eigenvalue weighted by Crippen LogP contribution is -2.31. The molecule has 3 N–H and O–H groups in total. The molecule has 2 rings (SSSR count). The van der Waals surface area contributed by atoms with Gasteiger partial charge < -0.3 is 10.1 Å². The van der Waals surface area contributed by atoms with Gasteiger partial charge in [0.25, 0.3) is 5.91 Å². The summed E-state index contributed by atoms with van der Waals surface area (Å²) in [6, 6.07) is 8.88. The quantitative estimate of drug-likeness (QED) is 0.703. The number of benzene rings is 2. The Hall–Kier alpha value is -2.49. The fourth-order valence-electron chi connectivity index (χ4n) is 2.23. The molecule has 0 radical (unpaired) electrons. The van der Waals surface area contributed by atoms with Gasteiger partial charge in [0.2, 0.25) is 10.0 Å². The molecule has 0 heterocycles. The average Bonchev–Trinajstić information content (AvgIpc) is 2.59. The van der Waals surface area contributed by atoms with Crippen molar-refractivity contribution in [3.63, 3.8) is 0 Å². The summed E-state index contributed by atoms with van der Waals surface area (Å²) in [7, 11) is -4.12. The number of amides is 1. The van der Waals surface area contributed by atoms with Gasteiger partial charge in [0.15, 0.2) is 6.61 Å². The zero-order chi connectivity index (χ0) is 20.2. The zero-order valence-corrected chi connectivity index (χ0v) is 15.7. The van der Waals surface area contributed by atoms with Crippen LogP contribution in [-0.2, 0) is 19.6 Å². The number of esters is 1. The fourth-order valence-corrected chi connectivity index (χ4v) is 3.07. The third-order valence-corrected chi connectivity index (χ3v) is 4.83. The van der Waals surface area contributed by atoms with Gasteiger partial charge in [-0.25, -0.2) is 22.7 Å². The van der Waals surface area contributed by atoms with E-state index in [0.29, 0.717) is 10.6 Å². The number of carbonyl (C=O) groups is 2. The Balaban J connectivity index is 2.01. The lowest BCUT2D eigenvalue weighted by atomic mass is 10.1. The van der Waals surface area contributed by atoms with Crippen LogP contribution >= 0.6 is 11.6 Å². The molecule has 0 bridgehead atoms. The second-order valence-corrected chi connectivity index (χ2v) is 7.54. The minimum absolute atomic E-state index is 0.451. The van der Waals surface area contributed by atoms with E-state index in [9.17, 15) is 22.4 Å². The monoisotopic (exact) mass is 414 g/mol. The summed E-state index contributed by atoms with van der Waals surface area (Å²) in [6.07, 6.45) is 0. The van der Waals surface area contributed by atoms with Gasteiger partial charge >= 0.3 is 5.97 Å². The topological polar surface area (TPSA) is 116 Å². The van der Waals surface area contributed by atoms with Crippen molar-refractivity contribution in [3.05, 3.63) is 64.4 Å². The molecule has 0 aromatic heterocycles. The molecule has 0 unspecified atom stereocenters. The van der Waals surface area contributed by atoms with E-state index >= 15 is 0 Å². The average molecular weight is 415 g/mol. The second-order valence-electron chi connectivity index (χ2n) is 5.57. The normalized spacial score (nSPS) is 12.3. The number of nitrogens with one attached hydrogen (secondary N) is 1. The molecule has 1 atom stereocenters. The van der Waals surface area contributed by atoms with E-state index in [0.717, 1.165) is 18.2 Å². The number of nitrogens with two attached hydrogens (primary N) is 1. The summed E-state index contributed by atoms with van der Waals surface area (Å²) in [6.45, 7) is 1.00. The van der Waals surface area contributed by atoms with Gasteiger partial charge in [-0.2, -0.15) is 0 Å². The second kappa shape index (κ2) is 8.47. The summed E-state index contributed by atoms with van der Waals surface area (Å²) >= 11 is 6.04. The van der Waals surface area contributed by atoms with Crippen LogP contribution < -0.4 is 10.5 Å². The molecule has 0 saturated carbocycles. The van der Waals surface area contributed by atoms with Gasteiger partial charge in [0.05, 0.1) is 16.5 Å². The Labute approximate surface area is 160 Å². The maximum atomic E-state index is 13.8. The maximum Gasteiger partial charge on any atom is 0.341 e. The molecular weight excluding hydrogens is 399 g/mol. The lowest BCUT2D eigenvalue weighted by Gasteiger charge is -2.15. The van der Waals surface area contributed by atoms with E-state index in [-0.39, 0.29) is 0 Å². The first-order chi connectivity index (χ1) is 12.6. The van der Waals surface area contributed by atoms with Gasteiger partial charge in [-0.15, -0.1) is 0 Å². The fraction of sp³-hybridized carbons (Fsp3) is 0.176. The molecule has 0 spiro atoms. The first-order valence-electron chi connectivity index (χ1n) is 7.63. The van der Waals surface area contributed by atoms with E-state index in [1.165, 1.54) is 0 Å². The number of carbonyl (C=O) groups excluding carboxylic acids is 2. The van der Waals surface area contributed by atoms with Crippen molar-refractivity contribution < 1.29 is 27.1 Å². The van der Waals surface area contributed by atoms with Crippen LogP contribution in [0.25, 0.3) is 0 Å². The van der Waals surface area contributed by atoms with E-state index in [1.807, 2.05) is 0 Å². The highest BCUT2D eigenvalue weighted by atomic mass is 35.5. The summed E-state index contributed by atoms with van der Waals surface area (Å²) in [5.74, 6) is -2.84. The molecular formula is C17H16ClFN2O5S. The minimum Gasteiger partial charge on any atom is -0.452 e. The number of primary sulfonamides is 1. The van der Waals surface area contributed by atoms with Crippen molar-refractivity contribution in [2.24, 2.45) is 5.14 Å². The molecule has 1 amide bonds. The number of ether oxygens (including phenoxy) is 1. The van der Waals surface area contributed by atoms with Crippen LogP contribution in [0, 0.1) is 5.82 Å². The van der Waals surface area contributed by atoms with E-state index in [1.54, 1.807) is 31.2 Å². The van der Waals surface area contributed by atoms with Crippen molar-refractivity contribution in [1.29, 1.82) is 0 Å². The first-order valence-corrected chi connectivity index (χ1v) is 9.55. The SMILES string of the molecule is C[C@H](NC(=O)COC(=O)c1cc(S(N)(=O)=O)ccc1F)c1ccccc1Cl. The standard InChI is InChI=1S/C17H16ClFN2O5S/c1-10(12-4-2-3-5-14(12)18)21-16(22)9-26-17(23)13-8-11(27(20,24)25)6-7-15(13)19/h2-8,10H,9H2,1H3,(H,21,22)(H2,20,24,25)/t10-/m0/s1. The van der Waals surface area contributed by atoms with Crippen molar-refractivity contribution >= 4 is 33.5 Å². The molecule has 0 aliphatic carbocycles. The van der Waals surface area contributed by atoms with Crippen LogP contribution in [0.5, 0.6) is 0 Å². The molecule has 144 valence electrons. The van der Waals surface area contributed by atoms with Crippen molar-refractivity contribution in [2.45, 2.75) is 17.9 Å². The number of hydrogen-bond acceptors (Lipinski definition) is 5. The van der Waals surface area contributed by atoms with Crippen LogP contribution in [0.4, 0.5) is 4.39 Å². The van der Waals surface area contributed by atoms with E-state index in [4.69, 9.17) is 21.5 Å². The Morgan fingerprint density at radius 3 is 2.56 bits per heavy atom. The highest BCUT2D eigenvalue weighted by molar-refractivity contribution is 7.89. The van der Waals surface area contributed by atoms with Crippen molar-refractivity contribution in [3.8, 4) is 0 Å². The molecule has 0 saturated heterocycles. The smallest absolute Gasteiger partial charge is 0.341 e. The minimum atomic E-state index is -4.12. The van der Waals surface area contributed by atoms with E-state index in [2.05, 4.69) is 5.32 Å². The van der Waals surface area contributed by atoms with Crippen molar-refractivity contribution in [1.82, 2.24) is 5.32 Å². The molecule has 2 aromatic rings. The summed E-state index contributed by atoms with van der Waals surface area (Å²) < 4.78 is 41.1. The Morgan fingerprint density at radius 2 is 1.93 bits per heavy atom. The number of rotatable bonds is 6. The third-order valence-electron chi connectivity index (χ3n) is 3.57. The van der Waals surface area contributed by atoms with Gasteiger partial charge in [-0.05, 0) is 36.8 Å². The van der Waals surface area contributed by atoms with Crippen molar-refractivity contribution in [2.75, 3.05) is 6.61 Å². The first kappa shape index (κ1) is 20.8. The molecule has 7 nitrogen and oxygen atoms in total. The van der Waals surface area contributed by atoms with Gasteiger partial charge in [0, 0.05) is 5.02 Å². The molecule has 0 aliphatic heterocycles. The van der Waals surface area contributed by atoms with E-state index < -0.39 is 50.8 Å². The molecule has 27 heavy (non-hydrogen) atoms. The predicted octanol–water partition coefficient (Wildman–Crippen LogP) is 2.16. The summed E-state index contributed by atoms with van der Waals surface area (Å²) in [5, 5.41) is 7.99. The Bertz CT molecular complexity index is 981. The Kier molecular flexibility index (Phi) is 6.53. The maximum absolute atomic E-state index is 13.8. The molecule has 2 aromatic carbocycles. The number of halogens is 2. The molecule has 0 fully saturated rings. The predicted molar refractivity (Wildman–Crippen MR) is 96.1 cm³/mol. The summed E-state index contributed by atoms with van der Waals surface area (Å²) in [5.41, 5.74) is 0.0271. The Morgan fingerprint density at radius 1 is 1.26 bits per heavy atom.